The molecule has 0 N–H and O–H groups in total. The van der Waals surface area contributed by atoms with Gasteiger partial charge in [-0.15, -0.1) is 0 Å². The van der Waals surface area contributed by atoms with Crippen molar-refractivity contribution in [3.63, 3.8) is 0 Å². The molecule has 44 valence electrons. The molecule has 0 bridgehead atoms. The second-order valence-electron chi connectivity index (χ2n) is 2.00. The summed E-state index contributed by atoms with van der Waals surface area (Å²) < 4.78 is 0. The third kappa shape index (κ3) is 1.07. The Labute approximate surface area is 52.4 Å². The van der Waals surface area contributed by atoms with E-state index in [0.29, 0.717) is 10.5 Å². The predicted octanol–water partition coefficient (Wildman–Crippen LogP) is 2.41. The third-order valence-electron chi connectivity index (χ3n) is 1.03. The molecule has 1 rings (SSSR count). The highest BCUT2D eigenvalue weighted by Crippen LogP contribution is 2.26. The second kappa shape index (κ2) is 2.27. The van der Waals surface area contributed by atoms with E-state index in [1.54, 1.807) is 0 Å². The van der Waals surface area contributed by atoms with E-state index >= 15 is 0 Å². The zero-order valence-corrected chi connectivity index (χ0v) is 5.98. The molecule has 0 saturated carbocycles. The topological polar surface area (TPSA) is 12.9 Å². The number of aromatic nitrogens is 1. The largest absolute Gasteiger partial charge is 0.229 e. The highest BCUT2D eigenvalue weighted by Gasteiger charge is 2.05. The average molecular weight is 128 g/mol. The van der Waals surface area contributed by atoms with Crippen molar-refractivity contribution < 1.29 is 0 Å². The summed E-state index contributed by atoms with van der Waals surface area (Å²) in [5.41, 5.74) is 2.02. The fourth-order valence-corrected chi connectivity index (χ4v) is 1.57. The molecule has 0 spiro atoms. The Morgan fingerprint density at radius 1 is 1.50 bits per heavy atom. The summed E-state index contributed by atoms with van der Waals surface area (Å²) in [6.45, 7) is 4.43. The number of nitrogens with zero attached hydrogens (tertiary/aromatic N) is 1. The molecule has 0 aliphatic carbocycles. The molecule has 0 fully saturated rings. The second-order valence-corrected chi connectivity index (χ2v) is 4.24. The Bertz CT molecular complexity index is 144. The molecule has 1 heterocycles. The molecule has 0 radical (unpaired) electrons. The molecule has 2 heteroatoms. The van der Waals surface area contributed by atoms with Gasteiger partial charge in [0.2, 0.25) is 5.51 Å². The summed E-state index contributed by atoms with van der Waals surface area (Å²) in [5.74, 6) is 0. The maximum Gasteiger partial charge on any atom is 0.229 e. The lowest BCUT2D eigenvalue weighted by Gasteiger charge is -1.85. The van der Waals surface area contributed by atoms with Crippen LogP contribution in [-0.2, 0) is 0 Å². The summed E-state index contributed by atoms with van der Waals surface area (Å²) in [4.78, 5) is 3.99. The molecule has 0 aliphatic rings. The zero-order chi connectivity index (χ0) is 5.98. The first kappa shape index (κ1) is 5.76. The van der Waals surface area contributed by atoms with Crippen LogP contribution in [0.25, 0.3) is 0 Å². The van der Waals surface area contributed by atoms with Crippen LogP contribution in [0.15, 0.2) is 17.1 Å². The standard InChI is InChI=1S/C6H10NS/c1-6(2)8-4-3-7-5-8/h3-6H,1-2H3/q+1. The summed E-state index contributed by atoms with van der Waals surface area (Å²) in [6.07, 6.45) is 1.88. The van der Waals surface area contributed by atoms with Crippen molar-refractivity contribution in [1.29, 1.82) is 0 Å². The van der Waals surface area contributed by atoms with Crippen LogP contribution in [0.5, 0.6) is 0 Å². The average Bonchev–Trinajstić information content (AvgIpc) is 2.12. The van der Waals surface area contributed by atoms with Crippen LogP contribution in [0.1, 0.15) is 19.1 Å². The Balaban J connectivity index is 2.77. The SMILES string of the molecule is CC(C)[s+]1ccnc1. The van der Waals surface area contributed by atoms with Crippen LogP contribution in [0.2, 0.25) is 0 Å². The number of hydrogen-bond acceptors (Lipinski definition) is 1. The summed E-state index contributed by atoms with van der Waals surface area (Å²) in [5, 5.41) is 2.89. The van der Waals surface area contributed by atoms with Gasteiger partial charge >= 0.3 is 0 Å². The smallest absolute Gasteiger partial charge is 0.208 e. The van der Waals surface area contributed by atoms with Crippen LogP contribution in [0, 0.1) is 0 Å². The fraction of sp³-hybridized carbons (Fsp3) is 0.500. The van der Waals surface area contributed by atoms with E-state index < -0.39 is 0 Å². The fourth-order valence-electron chi connectivity index (χ4n) is 0.525. The van der Waals surface area contributed by atoms with Gasteiger partial charge in [-0.05, 0) is 24.3 Å². The maximum atomic E-state index is 3.99. The molecular weight excluding hydrogens is 118 g/mol. The molecule has 0 aliphatic heterocycles. The van der Waals surface area contributed by atoms with Crippen molar-refractivity contribution in [1.82, 2.24) is 4.98 Å². The normalized spacial score (nSPS) is 12.6. The molecule has 1 aromatic rings. The van der Waals surface area contributed by atoms with Crippen LogP contribution >= 0.6 is 10.5 Å². The van der Waals surface area contributed by atoms with Crippen molar-refractivity contribution in [2.75, 3.05) is 0 Å². The van der Waals surface area contributed by atoms with E-state index in [4.69, 9.17) is 0 Å². The van der Waals surface area contributed by atoms with Gasteiger partial charge in [-0.2, -0.15) is 0 Å². The quantitative estimate of drug-likeness (QED) is 0.529. The first-order chi connectivity index (χ1) is 3.80. The van der Waals surface area contributed by atoms with Gasteiger partial charge in [-0.3, -0.25) is 0 Å². The van der Waals surface area contributed by atoms with Crippen molar-refractivity contribution >= 4 is 10.5 Å². The minimum atomic E-state index is 0.349. The zero-order valence-electron chi connectivity index (χ0n) is 5.16. The van der Waals surface area contributed by atoms with Crippen molar-refractivity contribution in [2.45, 2.75) is 19.1 Å². The van der Waals surface area contributed by atoms with Gasteiger partial charge in [-0.1, -0.05) is 0 Å². The molecular formula is C6H10NS+. The van der Waals surface area contributed by atoms with Crippen molar-refractivity contribution in [2.24, 2.45) is 0 Å². The molecule has 1 nitrogen and oxygen atoms in total. The third-order valence-corrected chi connectivity index (χ3v) is 2.92. The van der Waals surface area contributed by atoms with Gasteiger partial charge in [-0.25, -0.2) is 4.98 Å². The molecule has 0 saturated heterocycles. The Kier molecular flexibility index (Phi) is 1.63. The van der Waals surface area contributed by atoms with Gasteiger partial charge in [0.15, 0.2) is 5.38 Å². The first-order valence-electron chi connectivity index (χ1n) is 2.71. The van der Waals surface area contributed by atoms with Crippen LogP contribution in [-0.4, -0.2) is 4.98 Å². The van der Waals surface area contributed by atoms with E-state index in [9.17, 15) is 0 Å². The van der Waals surface area contributed by atoms with Gasteiger partial charge < -0.3 is 0 Å². The van der Waals surface area contributed by atoms with Gasteiger partial charge in [0.1, 0.15) is 5.25 Å². The summed E-state index contributed by atoms with van der Waals surface area (Å²) in [7, 11) is 0.349. The number of thiazole rings is 1. The van der Waals surface area contributed by atoms with E-state index in [2.05, 4.69) is 24.2 Å². The Hall–Kier alpha value is -0.370. The first-order valence-corrected chi connectivity index (χ1v) is 4.13. The van der Waals surface area contributed by atoms with E-state index in [1.807, 2.05) is 11.7 Å². The van der Waals surface area contributed by atoms with Crippen LogP contribution < -0.4 is 0 Å². The molecule has 0 aromatic carbocycles. The van der Waals surface area contributed by atoms with E-state index in [1.165, 1.54) is 0 Å². The van der Waals surface area contributed by atoms with Crippen LogP contribution in [0.3, 0.4) is 0 Å². The van der Waals surface area contributed by atoms with Crippen molar-refractivity contribution in [3.05, 3.63) is 17.1 Å². The lowest BCUT2D eigenvalue weighted by atomic mass is 10.6. The lowest BCUT2D eigenvalue weighted by Crippen LogP contribution is -1.68. The summed E-state index contributed by atoms with van der Waals surface area (Å²) in [6, 6.07) is 0. The lowest BCUT2D eigenvalue weighted by molar-refractivity contribution is 1.03. The van der Waals surface area contributed by atoms with E-state index in [-0.39, 0.29) is 0 Å². The van der Waals surface area contributed by atoms with Crippen molar-refractivity contribution in [3.8, 4) is 0 Å². The summed E-state index contributed by atoms with van der Waals surface area (Å²) >= 11 is 0. The molecule has 8 heavy (non-hydrogen) atoms. The highest BCUT2D eigenvalue weighted by molar-refractivity contribution is 7.28. The number of hydrogen-bond donors (Lipinski definition) is 0. The predicted molar refractivity (Wildman–Crippen MR) is 37.1 cm³/mol. The maximum absolute atomic E-state index is 3.99. The van der Waals surface area contributed by atoms with Gasteiger partial charge in [0.05, 0.1) is 6.20 Å². The van der Waals surface area contributed by atoms with Gasteiger partial charge in [0, 0.05) is 0 Å². The molecule has 1 unspecified atom stereocenters. The van der Waals surface area contributed by atoms with E-state index in [0.717, 1.165) is 5.25 Å². The molecule has 0 amide bonds. The minimum Gasteiger partial charge on any atom is -0.208 e. The number of rotatable bonds is 1. The Morgan fingerprint density at radius 2 is 2.25 bits per heavy atom. The highest BCUT2D eigenvalue weighted by atomic mass is 32.2. The monoisotopic (exact) mass is 128 g/mol. The van der Waals surface area contributed by atoms with Crippen LogP contribution in [0.4, 0.5) is 0 Å². The van der Waals surface area contributed by atoms with Gasteiger partial charge in [0.25, 0.3) is 0 Å². The molecule has 1 aromatic heterocycles. The minimum absolute atomic E-state index is 0.349. The Morgan fingerprint density at radius 3 is 2.50 bits per heavy atom. The molecule has 1 atom stereocenters.